The smallest absolute Gasteiger partial charge is 0.136 e. The van der Waals surface area contributed by atoms with Gasteiger partial charge in [-0.25, -0.2) is 4.98 Å². The molecule has 0 atom stereocenters. The maximum atomic E-state index is 6.27. The van der Waals surface area contributed by atoms with Crippen LogP contribution in [-0.2, 0) is 0 Å². The first-order valence-corrected chi connectivity index (χ1v) is 22.7. The molecule has 0 aliphatic carbocycles. The monoisotopic (exact) mass is 854 g/mol. The van der Waals surface area contributed by atoms with E-state index in [2.05, 4.69) is 197 Å². The lowest BCUT2D eigenvalue weighted by Crippen LogP contribution is -2.09. The Kier molecular flexibility index (Phi) is 8.21. The van der Waals surface area contributed by atoms with Gasteiger partial charge in [-0.3, -0.25) is 4.98 Å². The summed E-state index contributed by atoms with van der Waals surface area (Å²) in [5.41, 5.74) is 18.0. The van der Waals surface area contributed by atoms with Crippen molar-refractivity contribution in [2.75, 3.05) is 4.90 Å². The molecule has 9 aromatic carbocycles. The first-order valence-electron chi connectivity index (χ1n) is 22.7. The van der Waals surface area contributed by atoms with Gasteiger partial charge in [0.25, 0.3) is 0 Å². The second-order valence-electron chi connectivity index (χ2n) is 17.4. The Hall–Kier alpha value is -9.06. The Bertz CT molecular complexity index is 4190. The van der Waals surface area contributed by atoms with E-state index in [1.807, 2.05) is 42.6 Å². The fraction of sp³-hybridized carbons (Fsp3) is 0. The average molecular weight is 855 g/mol. The number of furan rings is 1. The molecule has 0 saturated carbocycles. The minimum Gasteiger partial charge on any atom is -0.456 e. The van der Waals surface area contributed by atoms with Crippen molar-refractivity contribution in [2.45, 2.75) is 0 Å². The molecule has 5 nitrogen and oxygen atoms in total. The van der Waals surface area contributed by atoms with Gasteiger partial charge < -0.3 is 13.7 Å². The molecule has 14 rings (SSSR count). The topological polar surface area (TPSA) is 46.6 Å². The molecule has 0 aliphatic rings. The van der Waals surface area contributed by atoms with Crippen LogP contribution in [0.15, 0.2) is 235 Å². The maximum Gasteiger partial charge on any atom is 0.136 e. The second-order valence-corrected chi connectivity index (χ2v) is 17.4. The third-order valence-electron chi connectivity index (χ3n) is 13.6. The number of fused-ring (bicyclic) bond motifs is 10. The van der Waals surface area contributed by atoms with Crippen LogP contribution in [0, 0.1) is 0 Å². The van der Waals surface area contributed by atoms with E-state index in [0.717, 1.165) is 89.1 Å². The SMILES string of the molecule is c1ccc(-c2nc(-c3ccc(N(c4ccc(-c5ccc6c(c5)oc5ccccc56)cc4)c4ccc(-c5ccc6c7cccc8c9ccccc9n(c6c5)c87)cc4)cc3)cc3cccnc23)cc1. The van der Waals surface area contributed by atoms with Gasteiger partial charge in [0.1, 0.15) is 11.2 Å². The molecule has 5 heterocycles. The molecule has 5 heteroatoms. The molecule has 14 aromatic rings. The van der Waals surface area contributed by atoms with Gasteiger partial charge in [0.2, 0.25) is 0 Å². The summed E-state index contributed by atoms with van der Waals surface area (Å²) in [5, 5.41) is 8.46. The van der Waals surface area contributed by atoms with E-state index in [1.165, 1.54) is 43.7 Å². The zero-order chi connectivity index (χ0) is 44.0. The maximum absolute atomic E-state index is 6.27. The van der Waals surface area contributed by atoms with Crippen molar-refractivity contribution in [3.05, 3.63) is 231 Å². The van der Waals surface area contributed by atoms with Crippen LogP contribution in [0.3, 0.4) is 0 Å². The molecule has 0 fully saturated rings. The molecule has 0 radical (unpaired) electrons. The van der Waals surface area contributed by atoms with Gasteiger partial charge in [0, 0.05) is 72.1 Å². The quantitative estimate of drug-likeness (QED) is 0.160. The molecule has 0 saturated heterocycles. The largest absolute Gasteiger partial charge is 0.456 e. The van der Waals surface area contributed by atoms with Gasteiger partial charge in [0.15, 0.2) is 0 Å². The van der Waals surface area contributed by atoms with Crippen LogP contribution in [0.1, 0.15) is 0 Å². The lowest BCUT2D eigenvalue weighted by Gasteiger charge is -2.26. The van der Waals surface area contributed by atoms with Crippen LogP contribution in [-0.4, -0.2) is 14.4 Å². The number of benzene rings is 9. The highest BCUT2D eigenvalue weighted by Crippen LogP contribution is 2.42. The van der Waals surface area contributed by atoms with Crippen molar-refractivity contribution >= 4 is 88.0 Å². The van der Waals surface area contributed by atoms with E-state index in [0.29, 0.717) is 0 Å². The molecule has 0 spiro atoms. The minimum absolute atomic E-state index is 0.877. The minimum atomic E-state index is 0.877. The van der Waals surface area contributed by atoms with Crippen LogP contribution in [0.2, 0.25) is 0 Å². The van der Waals surface area contributed by atoms with Crippen molar-refractivity contribution in [2.24, 2.45) is 0 Å². The summed E-state index contributed by atoms with van der Waals surface area (Å²) in [6, 6.07) is 80.2. The third kappa shape index (κ3) is 5.95. The van der Waals surface area contributed by atoms with Crippen LogP contribution in [0.5, 0.6) is 0 Å². The van der Waals surface area contributed by atoms with Crippen molar-refractivity contribution in [3.8, 4) is 44.8 Å². The number of rotatable bonds is 7. The molecular weight excluding hydrogens is 817 g/mol. The van der Waals surface area contributed by atoms with Gasteiger partial charge in [-0.2, -0.15) is 0 Å². The lowest BCUT2D eigenvalue weighted by molar-refractivity contribution is 0.669. The predicted molar refractivity (Wildman–Crippen MR) is 278 cm³/mol. The zero-order valence-corrected chi connectivity index (χ0v) is 36.1. The van der Waals surface area contributed by atoms with E-state index in [9.17, 15) is 0 Å². The lowest BCUT2D eigenvalue weighted by atomic mass is 10.0. The average Bonchev–Trinajstić information content (AvgIpc) is 4.06. The van der Waals surface area contributed by atoms with Crippen LogP contribution in [0.25, 0.3) is 116 Å². The Labute approximate surface area is 385 Å². The summed E-state index contributed by atoms with van der Waals surface area (Å²) >= 11 is 0. The second kappa shape index (κ2) is 14.7. The molecule has 0 unspecified atom stereocenters. The summed E-state index contributed by atoms with van der Waals surface area (Å²) in [5.74, 6) is 0. The van der Waals surface area contributed by atoms with E-state index >= 15 is 0 Å². The highest BCUT2D eigenvalue weighted by molar-refractivity contribution is 6.23. The number of anilines is 3. The number of nitrogens with zero attached hydrogens (tertiary/aromatic N) is 4. The highest BCUT2D eigenvalue weighted by Gasteiger charge is 2.19. The third-order valence-corrected chi connectivity index (χ3v) is 13.6. The molecule has 0 amide bonds. The van der Waals surface area contributed by atoms with Gasteiger partial charge in [-0.15, -0.1) is 0 Å². The summed E-state index contributed by atoms with van der Waals surface area (Å²) in [6.07, 6.45) is 1.84. The first kappa shape index (κ1) is 37.3. The zero-order valence-electron chi connectivity index (χ0n) is 36.1. The van der Waals surface area contributed by atoms with Crippen LogP contribution >= 0.6 is 0 Å². The van der Waals surface area contributed by atoms with Gasteiger partial charge >= 0.3 is 0 Å². The van der Waals surface area contributed by atoms with E-state index in [1.54, 1.807) is 0 Å². The molecule has 5 aromatic heterocycles. The summed E-state index contributed by atoms with van der Waals surface area (Å²) in [6.45, 7) is 0. The van der Waals surface area contributed by atoms with Gasteiger partial charge in [0.05, 0.1) is 33.5 Å². The Balaban J connectivity index is 0.858. The molecule has 67 heavy (non-hydrogen) atoms. The first-order chi connectivity index (χ1) is 33.2. The van der Waals surface area contributed by atoms with Crippen molar-refractivity contribution in [1.82, 2.24) is 14.4 Å². The number of pyridine rings is 2. The van der Waals surface area contributed by atoms with Crippen molar-refractivity contribution in [1.29, 1.82) is 0 Å². The Morgan fingerprint density at radius 1 is 0.373 bits per heavy atom. The number of hydrogen-bond donors (Lipinski definition) is 0. The Morgan fingerprint density at radius 2 is 0.940 bits per heavy atom. The van der Waals surface area contributed by atoms with Crippen molar-refractivity contribution in [3.63, 3.8) is 0 Å². The van der Waals surface area contributed by atoms with Crippen LogP contribution in [0.4, 0.5) is 17.1 Å². The molecule has 0 aliphatic heterocycles. The Morgan fingerprint density at radius 3 is 1.67 bits per heavy atom. The van der Waals surface area contributed by atoms with Crippen LogP contribution < -0.4 is 4.90 Å². The molecule has 312 valence electrons. The summed E-state index contributed by atoms with van der Waals surface area (Å²) in [4.78, 5) is 12.3. The number of hydrogen-bond acceptors (Lipinski definition) is 4. The summed E-state index contributed by atoms with van der Waals surface area (Å²) < 4.78 is 8.72. The standard InChI is InChI=1S/C62H38N4O/c1-2-10-42(11-3-1)61-60-45(12-9-35-63-60)36-55(64-61)41-23-31-48(32-24-41)65(47-29-21-40(22-30-47)44-26-34-52-51-14-5-7-18-58(51)67-59(52)38-44)46-27-19-39(20-28-46)43-25-33-50-54-16-8-15-53-49-13-4-6-17-56(49)66(62(53)54)57(50)37-43/h1-38H. The van der Waals surface area contributed by atoms with E-state index < -0.39 is 0 Å². The van der Waals surface area contributed by atoms with Gasteiger partial charge in [-0.1, -0.05) is 146 Å². The fourth-order valence-electron chi connectivity index (χ4n) is 10.4. The molecular formula is C62H38N4O. The highest BCUT2D eigenvalue weighted by atomic mass is 16.3. The van der Waals surface area contributed by atoms with E-state index in [4.69, 9.17) is 14.4 Å². The van der Waals surface area contributed by atoms with Crippen molar-refractivity contribution < 1.29 is 4.42 Å². The normalized spacial score (nSPS) is 11.9. The fourth-order valence-corrected chi connectivity index (χ4v) is 10.4. The predicted octanol–water partition coefficient (Wildman–Crippen LogP) is 16.8. The number of para-hydroxylation sites is 3. The van der Waals surface area contributed by atoms with Gasteiger partial charge in [-0.05, 0) is 101 Å². The number of aromatic nitrogens is 3. The summed E-state index contributed by atoms with van der Waals surface area (Å²) in [7, 11) is 0. The van der Waals surface area contributed by atoms with E-state index in [-0.39, 0.29) is 0 Å². The molecule has 0 N–H and O–H groups in total. The molecule has 0 bridgehead atoms.